The van der Waals surface area contributed by atoms with E-state index in [-0.39, 0.29) is 17.7 Å². The smallest absolute Gasteiger partial charge is 0.266 e. The molecule has 0 saturated carbocycles. The molecule has 0 aliphatic heterocycles. The summed E-state index contributed by atoms with van der Waals surface area (Å²) < 4.78 is 39.4. The molecule has 1 aromatic carbocycles. The van der Waals surface area contributed by atoms with Crippen LogP contribution in [0.25, 0.3) is 10.9 Å². The summed E-state index contributed by atoms with van der Waals surface area (Å²) in [5.41, 5.74) is -0.425. The van der Waals surface area contributed by atoms with Gasteiger partial charge in [0, 0.05) is 24.4 Å². The van der Waals surface area contributed by atoms with E-state index in [1.807, 2.05) is 0 Å². The Morgan fingerprint density at radius 1 is 1.26 bits per heavy atom. The Labute approximate surface area is 128 Å². The van der Waals surface area contributed by atoms with Crippen LogP contribution in [0.5, 0.6) is 0 Å². The lowest BCUT2D eigenvalue weighted by molar-refractivity contribution is 0.146. The van der Waals surface area contributed by atoms with Crippen LogP contribution < -0.4 is 10.9 Å². The summed E-state index contributed by atoms with van der Waals surface area (Å²) in [6, 6.07) is 5.14. The van der Waals surface area contributed by atoms with Gasteiger partial charge in [-0.15, -0.1) is 0 Å². The third kappa shape index (κ3) is 3.01. The van der Waals surface area contributed by atoms with Gasteiger partial charge in [-0.3, -0.25) is 4.79 Å². The van der Waals surface area contributed by atoms with Gasteiger partial charge >= 0.3 is 0 Å². The number of pyridine rings is 1. The molecule has 0 radical (unpaired) electrons. The van der Waals surface area contributed by atoms with E-state index in [2.05, 4.69) is 20.3 Å². The molecule has 0 aliphatic carbocycles. The molecule has 118 valence electrons. The van der Waals surface area contributed by atoms with Crippen molar-refractivity contribution in [3.63, 3.8) is 0 Å². The van der Waals surface area contributed by atoms with Gasteiger partial charge in [0.1, 0.15) is 18.0 Å². The Bertz CT molecular complexity index is 911. The van der Waals surface area contributed by atoms with Crippen molar-refractivity contribution in [1.82, 2.24) is 15.0 Å². The Morgan fingerprint density at radius 2 is 2.09 bits per heavy atom. The minimum atomic E-state index is -2.88. The summed E-state index contributed by atoms with van der Waals surface area (Å²) in [6.07, 6.45) is -0.179. The highest BCUT2D eigenvalue weighted by Gasteiger charge is 2.16. The summed E-state index contributed by atoms with van der Waals surface area (Å²) in [5.74, 6) is -0.574. The summed E-state index contributed by atoms with van der Waals surface area (Å²) in [6.45, 7) is -0.0301. The van der Waals surface area contributed by atoms with Crippen molar-refractivity contribution in [3.8, 4) is 0 Å². The number of halogens is 3. The van der Waals surface area contributed by atoms with Gasteiger partial charge in [0.05, 0.1) is 16.5 Å². The van der Waals surface area contributed by atoms with Gasteiger partial charge in [-0.25, -0.2) is 23.1 Å². The number of H-pyrrole nitrogens is 1. The third-order valence-electron chi connectivity index (χ3n) is 3.33. The van der Waals surface area contributed by atoms with Crippen molar-refractivity contribution in [2.45, 2.75) is 13.0 Å². The average molecular weight is 320 g/mol. The van der Waals surface area contributed by atoms with Crippen molar-refractivity contribution in [2.24, 2.45) is 0 Å². The van der Waals surface area contributed by atoms with Crippen LogP contribution >= 0.6 is 0 Å². The molecule has 8 heteroatoms. The van der Waals surface area contributed by atoms with E-state index in [1.165, 1.54) is 30.7 Å². The van der Waals surface area contributed by atoms with E-state index in [0.29, 0.717) is 16.7 Å². The molecule has 2 aromatic heterocycles. The van der Waals surface area contributed by atoms with E-state index in [0.717, 1.165) is 6.07 Å². The van der Waals surface area contributed by atoms with E-state index in [9.17, 15) is 18.0 Å². The van der Waals surface area contributed by atoms with Crippen LogP contribution in [0.1, 0.15) is 17.6 Å². The first-order valence-corrected chi connectivity index (χ1v) is 6.69. The fourth-order valence-electron chi connectivity index (χ4n) is 2.20. The molecular formula is C15H11F3N4O. The molecule has 2 N–H and O–H groups in total. The number of alkyl halides is 2. The van der Waals surface area contributed by atoms with Crippen LogP contribution in [0, 0.1) is 5.82 Å². The largest absolute Gasteiger partial charge is 0.365 e. The van der Waals surface area contributed by atoms with Crippen LogP contribution in [0.15, 0.2) is 41.6 Å². The molecule has 3 rings (SSSR count). The number of aromatic nitrogens is 3. The first-order chi connectivity index (χ1) is 11.1. The number of hydrogen-bond donors (Lipinski definition) is 2. The van der Waals surface area contributed by atoms with Gasteiger partial charge in [-0.1, -0.05) is 18.2 Å². The van der Waals surface area contributed by atoms with Crippen molar-refractivity contribution in [2.75, 3.05) is 5.32 Å². The van der Waals surface area contributed by atoms with Crippen molar-refractivity contribution >= 4 is 16.7 Å². The SMILES string of the molecule is O=c1cc2ncnc(NCc3cccc(C(F)F)c3F)c2c[nH]1. The highest BCUT2D eigenvalue weighted by Crippen LogP contribution is 2.25. The highest BCUT2D eigenvalue weighted by atomic mass is 19.3. The van der Waals surface area contributed by atoms with E-state index < -0.39 is 17.8 Å². The molecule has 0 aliphatic rings. The molecule has 0 unspecified atom stereocenters. The fourth-order valence-corrected chi connectivity index (χ4v) is 2.20. The summed E-state index contributed by atoms with van der Waals surface area (Å²) in [5, 5.41) is 3.41. The Balaban J connectivity index is 1.90. The molecule has 0 bridgehead atoms. The predicted octanol–water partition coefficient (Wildman–Crippen LogP) is 3.01. The quantitative estimate of drug-likeness (QED) is 0.775. The van der Waals surface area contributed by atoms with Gasteiger partial charge in [-0.05, 0) is 0 Å². The average Bonchev–Trinajstić information content (AvgIpc) is 2.53. The highest BCUT2D eigenvalue weighted by molar-refractivity contribution is 5.87. The Hall–Kier alpha value is -2.90. The van der Waals surface area contributed by atoms with Crippen molar-refractivity contribution < 1.29 is 13.2 Å². The van der Waals surface area contributed by atoms with Gasteiger partial charge in [-0.2, -0.15) is 0 Å². The summed E-state index contributed by atoms with van der Waals surface area (Å²) in [4.78, 5) is 21.8. The Kier molecular flexibility index (Phi) is 3.96. The number of fused-ring (bicyclic) bond motifs is 1. The molecule has 2 heterocycles. The monoisotopic (exact) mass is 320 g/mol. The molecule has 0 saturated heterocycles. The lowest BCUT2D eigenvalue weighted by Gasteiger charge is -2.10. The normalized spacial score (nSPS) is 11.1. The van der Waals surface area contributed by atoms with Crippen molar-refractivity contribution in [1.29, 1.82) is 0 Å². The number of nitrogens with one attached hydrogen (secondary N) is 2. The lowest BCUT2D eigenvalue weighted by atomic mass is 10.1. The minimum absolute atomic E-state index is 0.0301. The van der Waals surface area contributed by atoms with Crippen molar-refractivity contribution in [3.05, 3.63) is 64.1 Å². The second kappa shape index (κ2) is 6.07. The second-order valence-corrected chi connectivity index (χ2v) is 4.79. The Morgan fingerprint density at radius 3 is 2.87 bits per heavy atom. The molecule has 0 atom stereocenters. The zero-order valence-corrected chi connectivity index (χ0v) is 11.7. The molecule has 23 heavy (non-hydrogen) atoms. The van der Waals surface area contributed by atoms with E-state index in [1.54, 1.807) is 0 Å². The topological polar surface area (TPSA) is 70.7 Å². The minimum Gasteiger partial charge on any atom is -0.365 e. The molecule has 3 aromatic rings. The first kappa shape index (κ1) is 15.0. The third-order valence-corrected chi connectivity index (χ3v) is 3.33. The van der Waals surface area contributed by atoms with Crippen LogP contribution in [0.2, 0.25) is 0 Å². The number of nitrogens with zero attached hydrogens (tertiary/aromatic N) is 2. The lowest BCUT2D eigenvalue weighted by Crippen LogP contribution is -2.08. The second-order valence-electron chi connectivity index (χ2n) is 4.79. The maximum Gasteiger partial charge on any atom is 0.266 e. The number of aromatic amines is 1. The number of anilines is 1. The maximum atomic E-state index is 14.0. The van der Waals surface area contributed by atoms with Gasteiger partial charge in [0.15, 0.2) is 0 Å². The standard InChI is InChI=1S/C15H11F3N4O/c16-13-8(2-1-3-9(13)14(17)18)5-20-15-10-6-19-12(23)4-11(10)21-7-22-15/h1-4,6-7,14H,5H2,(H,19,23)(H,20,21,22). The first-order valence-electron chi connectivity index (χ1n) is 6.69. The zero-order chi connectivity index (χ0) is 16.4. The number of rotatable bonds is 4. The van der Waals surface area contributed by atoms with Gasteiger partial charge in [0.2, 0.25) is 5.56 Å². The molecule has 0 spiro atoms. The molecule has 0 amide bonds. The molecule has 0 fully saturated rings. The number of hydrogen-bond acceptors (Lipinski definition) is 4. The zero-order valence-electron chi connectivity index (χ0n) is 11.7. The molecule has 5 nitrogen and oxygen atoms in total. The fraction of sp³-hybridized carbons (Fsp3) is 0.133. The number of benzene rings is 1. The molecular weight excluding hydrogens is 309 g/mol. The van der Waals surface area contributed by atoms with E-state index >= 15 is 0 Å². The van der Waals surface area contributed by atoms with Crippen LogP contribution in [-0.2, 0) is 6.54 Å². The van der Waals surface area contributed by atoms with Crippen LogP contribution in [-0.4, -0.2) is 15.0 Å². The summed E-state index contributed by atoms with van der Waals surface area (Å²) in [7, 11) is 0. The van der Waals surface area contributed by atoms with E-state index in [4.69, 9.17) is 0 Å². The van der Waals surface area contributed by atoms with Crippen LogP contribution in [0.3, 0.4) is 0 Å². The van der Waals surface area contributed by atoms with Gasteiger partial charge < -0.3 is 10.3 Å². The van der Waals surface area contributed by atoms with Crippen LogP contribution in [0.4, 0.5) is 19.0 Å². The van der Waals surface area contributed by atoms with Gasteiger partial charge in [0.25, 0.3) is 6.43 Å². The predicted molar refractivity (Wildman–Crippen MR) is 78.8 cm³/mol. The summed E-state index contributed by atoms with van der Waals surface area (Å²) >= 11 is 0. The maximum absolute atomic E-state index is 14.0.